The van der Waals surface area contributed by atoms with Gasteiger partial charge in [0.1, 0.15) is 17.0 Å². The standard InChI is InChI=1S/C25H24F2N4O4S/c1-24(12-28)8-17(9-24)31-19-7-16(20(32)10-25(2)13-36(33,34)14-25)11-29-22(19)21(30-31)15-4-3-5-18(6-15)35-23(26)27/h3-7,11,17,23H,8-10,13-14H2,1-2H3. The molecule has 0 unspecified atom stereocenters. The minimum atomic E-state index is -3.08. The van der Waals surface area contributed by atoms with Crippen molar-refractivity contribution in [1.29, 1.82) is 5.26 Å². The van der Waals surface area contributed by atoms with Crippen LogP contribution in [0.5, 0.6) is 5.75 Å². The highest BCUT2D eigenvalue weighted by molar-refractivity contribution is 7.92. The van der Waals surface area contributed by atoms with Crippen LogP contribution in [0.4, 0.5) is 8.78 Å². The molecule has 0 radical (unpaired) electrons. The van der Waals surface area contributed by atoms with Crippen molar-refractivity contribution in [1.82, 2.24) is 14.8 Å². The summed E-state index contributed by atoms with van der Waals surface area (Å²) in [5.74, 6) is -0.259. The predicted molar refractivity (Wildman–Crippen MR) is 127 cm³/mol. The third-order valence-corrected chi connectivity index (χ3v) is 9.19. The first-order valence-corrected chi connectivity index (χ1v) is 13.3. The van der Waals surface area contributed by atoms with Crippen LogP contribution in [0.25, 0.3) is 22.3 Å². The predicted octanol–water partition coefficient (Wildman–Crippen LogP) is 4.57. The maximum absolute atomic E-state index is 13.1. The molecule has 1 aliphatic heterocycles. The SMILES string of the molecule is CC1(C#N)CC(n2nc(-c3cccc(OC(F)F)c3)c3ncc(C(=O)CC4(C)CS(=O)(=O)C4)cc32)C1. The molecule has 0 bridgehead atoms. The first kappa shape index (κ1) is 24.3. The van der Waals surface area contributed by atoms with Crippen LogP contribution < -0.4 is 4.74 Å². The number of aromatic nitrogens is 3. The molecule has 3 heterocycles. The highest BCUT2D eigenvalue weighted by atomic mass is 32.2. The van der Waals surface area contributed by atoms with Gasteiger partial charge in [-0.25, -0.2) is 8.42 Å². The van der Waals surface area contributed by atoms with Crippen LogP contribution in [0, 0.1) is 22.2 Å². The van der Waals surface area contributed by atoms with Gasteiger partial charge in [-0.2, -0.15) is 19.1 Å². The first-order chi connectivity index (χ1) is 16.9. The van der Waals surface area contributed by atoms with Gasteiger partial charge in [0, 0.05) is 29.2 Å². The largest absolute Gasteiger partial charge is 0.435 e. The number of benzene rings is 1. The number of fused-ring (bicyclic) bond motifs is 1. The Morgan fingerprint density at radius 2 is 2.00 bits per heavy atom. The average Bonchev–Trinajstić information content (AvgIpc) is 3.13. The lowest BCUT2D eigenvalue weighted by Crippen LogP contribution is -2.47. The van der Waals surface area contributed by atoms with Gasteiger partial charge in [-0.05, 0) is 38.0 Å². The summed E-state index contributed by atoms with van der Waals surface area (Å²) < 4.78 is 55.1. The molecule has 1 saturated carbocycles. The number of nitrogens with zero attached hydrogens (tertiary/aromatic N) is 4. The van der Waals surface area contributed by atoms with Crippen LogP contribution >= 0.6 is 0 Å². The van der Waals surface area contributed by atoms with E-state index in [4.69, 9.17) is 5.10 Å². The Morgan fingerprint density at radius 1 is 1.28 bits per heavy atom. The number of ether oxygens (including phenoxy) is 1. The molecular formula is C25H24F2N4O4S. The summed E-state index contributed by atoms with van der Waals surface area (Å²) in [6.45, 7) is 0.695. The quantitative estimate of drug-likeness (QED) is 0.424. The number of carbonyl (C=O) groups is 1. The fraction of sp³-hybridized carbons (Fsp3) is 0.440. The lowest BCUT2D eigenvalue weighted by Gasteiger charge is -2.40. The fourth-order valence-electron chi connectivity index (χ4n) is 5.32. The number of hydrogen-bond acceptors (Lipinski definition) is 7. The Bertz CT molecular complexity index is 1510. The Kier molecular flexibility index (Phi) is 5.63. The normalized spacial score (nSPS) is 24.1. The number of rotatable bonds is 7. The van der Waals surface area contributed by atoms with Gasteiger partial charge < -0.3 is 4.74 Å². The molecule has 36 heavy (non-hydrogen) atoms. The second-order valence-corrected chi connectivity index (χ2v) is 12.5. The summed E-state index contributed by atoms with van der Waals surface area (Å²) in [4.78, 5) is 17.6. The van der Waals surface area contributed by atoms with E-state index in [9.17, 15) is 27.3 Å². The first-order valence-electron chi connectivity index (χ1n) is 11.5. The van der Waals surface area contributed by atoms with Gasteiger partial charge in [-0.3, -0.25) is 14.5 Å². The monoisotopic (exact) mass is 514 g/mol. The number of pyridine rings is 1. The lowest BCUT2D eigenvalue weighted by atomic mass is 9.68. The number of Topliss-reactive ketones (excluding diaryl/α,β-unsaturated/α-hetero) is 1. The third kappa shape index (κ3) is 4.46. The summed E-state index contributed by atoms with van der Waals surface area (Å²) in [5.41, 5.74) is 1.34. The molecule has 1 aromatic carbocycles. The van der Waals surface area contributed by atoms with Gasteiger partial charge in [-0.1, -0.05) is 19.1 Å². The van der Waals surface area contributed by atoms with E-state index in [1.807, 2.05) is 6.92 Å². The summed E-state index contributed by atoms with van der Waals surface area (Å²) in [6, 6.07) is 10.1. The van der Waals surface area contributed by atoms with E-state index in [0.717, 1.165) is 0 Å². The van der Waals surface area contributed by atoms with E-state index in [-0.39, 0.29) is 35.5 Å². The van der Waals surface area contributed by atoms with E-state index < -0.39 is 27.3 Å². The van der Waals surface area contributed by atoms with Gasteiger partial charge in [0.05, 0.1) is 34.5 Å². The minimum Gasteiger partial charge on any atom is -0.435 e. The molecule has 0 atom stereocenters. The van der Waals surface area contributed by atoms with Crippen molar-refractivity contribution in [2.75, 3.05) is 11.5 Å². The molecule has 2 fully saturated rings. The van der Waals surface area contributed by atoms with Crippen LogP contribution in [0.3, 0.4) is 0 Å². The molecular weight excluding hydrogens is 490 g/mol. The molecule has 0 spiro atoms. The molecule has 188 valence electrons. The summed E-state index contributed by atoms with van der Waals surface area (Å²) in [6.07, 6.45) is 2.67. The van der Waals surface area contributed by atoms with Crippen molar-refractivity contribution in [3.63, 3.8) is 0 Å². The van der Waals surface area contributed by atoms with Crippen LogP contribution in [-0.4, -0.2) is 47.1 Å². The molecule has 0 N–H and O–H groups in total. The van der Waals surface area contributed by atoms with Crippen LogP contribution in [0.15, 0.2) is 36.5 Å². The Balaban J connectivity index is 1.54. The van der Waals surface area contributed by atoms with Crippen molar-refractivity contribution < 1.29 is 26.7 Å². The van der Waals surface area contributed by atoms with E-state index in [2.05, 4.69) is 15.8 Å². The summed E-state index contributed by atoms with van der Waals surface area (Å²) in [5, 5.41) is 14.2. The lowest BCUT2D eigenvalue weighted by molar-refractivity contribution is -0.0498. The summed E-state index contributed by atoms with van der Waals surface area (Å²) >= 11 is 0. The zero-order valence-electron chi connectivity index (χ0n) is 19.7. The number of hydrogen-bond donors (Lipinski definition) is 0. The molecule has 2 aromatic heterocycles. The molecule has 0 amide bonds. The van der Waals surface area contributed by atoms with Crippen molar-refractivity contribution in [2.45, 2.75) is 45.8 Å². The number of sulfone groups is 1. The Labute approximate surface area is 206 Å². The van der Waals surface area contributed by atoms with Gasteiger partial charge in [0.15, 0.2) is 15.6 Å². The van der Waals surface area contributed by atoms with E-state index >= 15 is 0 Å². The highest BCUT2D eigenvalue weighted by Gasteiger charge is 2.46. The maximum atomic E-state index is 13.1. The van der Waals surface area contributed by atoms with E-state index in [0.29, 0.717) is 40.7 Å². The van der Waals surface area contributed by atoms with E-state index in [1.54, 1.807) is 29.8 Å². The van der Waals surface area contributed by atoms with Gasteiger partial charge >= 0.3 is 6.61 Å². The zero-order chi connectivity index (χ0) is 25.9. The number of nitriles is 1. The maximum Gasteiger partial charge on any atom is 0.387 e. The van der Waals surface area contributed by atoms with Crippen molar-refractivity contribution in [3.8, 4) is 23.1 Å². The minimum absolute atomic E-state index is 0.0126. The molecule has 5 rings (SSSR count). The van der Waals surface area contributed by atoms with E-state index in [1.165, 1.54) is 18.3 Å². The summed E-state index contributed by atoms with van der Waals surface area (Å²) in [7, 11) is -3.08. The number of ketones is 1. The van der Waals surface area contributed by atoms with Crippen molar-refractivity contribution in [2.24, 2.45) is 10.8 Å². The molecule has 11 heteroatoms. The molecule has 2 aliphatic rings. The van der Waals surface area contributed by atoms with Gasteiger partial charge in [-0.15, -0.1) is 0 Å². The second kappa shape index (κ2) is 8.34. The van der Waals surface area contributed by atoms with Crippen molar-refractivity contribution >= 4 is 26.7 Å². The fourth-order valence-corrected chi connectivity index (χ4v) is 7.56. The van der Waals surface area contributed by atoms with Crippen LogP contribution in [-0.2, 0) is 9.84 Å². The van der Waals surface area contributed by atoms with Crippen LogP contribution in [0.1, 0.15) is 49.5 Å². The Hall–Kier alpha value is -3.39. The van der Waals surface area contributed by atoms with Gasteiger partial charge in [0.25, 0.3) is 0 Å². The molecule has 8 nitrogen and oxygen atoms in total. The third-order valence-electron chi connectivity index (χ3n) is 6.91. The van der Waals surface area contributed by atoms with Crippen molar-refractivity contribution in [3.05, 3.63) is 42.1 Å². The molecule has 1 aliphatic carbocycles. The second-order valence-electron chi connectivity index (χ2n) is 10.5. The molecule has 1 saturated heterocycles. The molecule has 3 aromatic rings. The zero-order valence-corrected chi connectivity index (χ0v) is 20.6. The highest BCUT2D eigenvalue weighted by Crippen LogP contribution is 2.49. The topological polar surface area (TPSA) is 115 Å². The average molecular weight is 515 g/mol. The Morgan fingerprint density at radius 3 is 2.64 bits per heavy atom. The van der Waals surface area contributed by atoms with Gasteiger partial charge in [0.2, 0.25) is 0 Å². The number of alkyl halides is 2. The number of carbonyl (C=O) groups excluding carboxylic acids is 1. The smallest absolute Gasteiger partial charge is 0.387 e. The number of halogens is 2. The van der Waals surface area contributed by atoms with Crippen LogP contribution in [0.2, 0.25) is 0 Å².